The van der Waals surface area contributed by atoms with Gasteiger partial charge in [-0.25, -0.2) is 9.97 Å². The van der Waals surface area contributed by atoms with Crippen LogP contribution in [0.3, 0.4) is 0 Å². The Kier molecular flexibility index (Phi) is 4.17. The topological polar surface area (TPSA) is 69.5 Å². The summed E-state index contributed by atoms with van der Waals surface area (Å²) in [7, 11) is 0. The Morgan fingerprint density at radius 2 is 2.24 bits per heavy atom. The number of aromatic nitrogens is 3. The molecule has 0 aromatic carbocycles. The molecule has 1 fully saturated rings. The lowest BCUT2D eigenvalue weighted by atomic mass is 10.2. The van der Waals surface area contributed by atoms with Crippen LogP contribution in [0.15, 0.2) is 18.3 Å². The largest absolute Gasteiger partial charge is 0.472 e. The number of hydrogen-bond acceptors (Lipinski definition) is 5. The highest BCUT2D eigenvalue weighted by Gasteiger charge is 2.25. The maximum atomic E-state index is 12.9. The predicted octanol–water partition coefficient (Wildman–Crippen LogP) is 1.72. The molecule has 2 aromatic heterocycles. The van der Waals surface area contributed by atoms with Crippen molar-refractivity contribution in [3.05, 3.63) is 41.1 Å². The molecule has 2 aliphatic rings. The van der Waals surface area contributed by atoms with Crippen molar-refractivity contribution in [2.24, 2.45) is 0 Å². The zero-order valence-electron chi connectivity index (χ0n) is 14.6. The second kappa shape index (κ2) is 6.48. The quantitative estimate of drug-likeness (QED) is 0.849. The molecule has 0 saturated carbocycles. The fraction of sp³-hybridized carbons (Fsp3) is 0.500. The van der Waals surface area contributed by atoms with Crippen LogP contribution in [0, 0.1) is 13.8 Å². The van der Waals surface area contributed by atoms with Crippen molar-refractivity contribution < 1.29 is 14.3 Å². The molecule has 0 spiro atoms. The zero-order chi connectivity index (χ0) is 17.4. The van der Waals surface area contributed by atoms with Crippen molar-refractivity contribution in [3.63, 3.8) is 0 Å². The highest BCUT2D eigenvalue weighted by Crippen LogP contribution is 2.21. The van der Waals surface area contributed by atoms with Crippen LogP contribution in [0.5, 0.6) is 5.88 Å². The summed E-state index contributed by atoms with van der Waals surface area (Å²) in [6, 6.07) is 3.45. The van der Waals surface area contributed by atoms with Crippen molar-refractivity contribution in [3.8, 4) is 5.88 Å². The molecule has 0 aliphatic carbocycles. The van der Waals surface area contributed by atoms with Crippen LogP contribution in [0.25, 0.3) is 0 Å². The van der Waals surface area contributed by atoms with Crippen molar-refractivity contribution in [2.45, 2.75) is 39.5 Å². The third-order valence-corrected chi connectivity index (χ3v) is 4.91. The Labute approximate surface area is 146 Å². The van der Waals surface area contributed by atoms with E-state index in [-0.39, 0.29) is 12.0 Å². The van der Waals surface area contributed by atoms with Gasteiger partial charge in [-0.1, -0.05) is 0 Å². The van der Waals surface area contributed by atoms with Gasteiger partial charge in [-0.05, 0) is 19.9 Å². The SMILES string of the molecule is Cc1nc2n(c1C)CCN(C(=O)c1ccnc(OC3CCOC3)c1)C2. The molecule has 25 heavy (non-hydrogen) atoms. The second-order valence-corrected chi connectivity index (χ2v) is 6.56. The van der Waals surface area contributed by atoms with Gasteiger partial charge < -0.3 is 18.9 Å². The number of carbonyl (C=O) groups is 1. The van der Waals surface area contributed by atoms with Gasteiger partial charge in [0.25, 0.3) is 5.91 Å². The lowest BCUT2D eigenvalue weighted by molar-refractivity contribution is 0.0705. The van der Waals surface area contributed by atoms with Crippen molar-refractivity contribution >= 4 is 5.91 Å². The summed E-state index contributed by atoms with van der Waals surface area (Å²) in [6.07, 6.45) is 2.50. The van der Waals surface area contributed by atoms with Gasteiger partial charge in [0, 0.05) is 43.0 Å². The minimum Gasteiger partial charge on any atom is -0.472 e. The average molecular weight is 342 g/mol. The summed E-state index contributed by atoms with van der Waals surface area (Å²) in [5, 5.41) is 0. The molecule has 2 aromatic rings. The first-order chi connectivity index (χ1) is 12.1. The molecule has 1 saturated heterocycles. The minimum absolute atomic E-state index is 0.0144. The van der Waals surface area contributed by atoms with Crippen LogP contribution in [-0.2, 0) is 17.8 Å². The van der Waals surface area contributed by atoms with Gasteiger partial charge in [0.1, 0.15) is 11.9 Å². The van der Waals surface area contributed by atoms with E-state index in [1.165, 1.54) is 5.69 Å². The normalized spacial score (nSPS) is 19.8. The van der Waals surface area contributed by atoms with Crippen molar-refractivity contribution in [1.29, 1.82) is 0 Å². The molecule has 0 N–H and O–H groups in total. The summed E-state index contributed by atoms with van der Waals surface area (Å²) in [4.78, 5) is 23.5. The Morgan fingerprint density at radius 1 is 1.36 bits per heavy atom. The highest BCUT2D eigenvalue weighted by atomic mass is 16.5. The molecule has 0 bridgehead atoms. The van der Waals surface area contributed by atoms with Gasteiger partial charge in [0.05, 0.1) is 25.5 Å². The molecular formula is C18H22N4O3. The van der Waals surface area contributed by atoms with E-state index < -0.39 is 0 Å². The Morgan fingerprint density at radius 3 is 3.04 bits per heavy atom. The molecule has 132 valence electrons. The number of nitrogens with zero attached hydrogens (tertiary/aromatic N) is 4. The van der Waals surface area contributed by atoms with E-state index in [2.05, 4.69) is 21.5 Å². The van der Waals surface area contributed by atoms with E-state index >= 15 is 0 Å². The fourth-order valence-corrected chi connectivity index (χ4v) is 3.35. The first-order valence-electron chi connectivity index (χ1n) is 8.64. The van der Waals surface area contributed by atoms with Crippen LogP contribution < -0.4 is 4.74 Å². The summed E-state index contributed by atoms with van der Waals surface area (Å²) < 4.78 is 13.3. The summed E-state index contributed by atoms with van der Waals surface area (Å²) in [5.41, 5.74) is 2.81. The van der Waals surface area contributed by atoms with Crippen LogP contribution in [0.4, 0.5) is 0 Å². The summed E-state index contributed by atoms with van der Waals surface area (Å²) in [6.45, 7) is 7.35. The first-order valence-corrected chi connectivity index (χ1v) is 8.64. The molecule has 7 heteroatoms. The van der Waals surface area contributed by atoms with E-state index in [0.29, 0.717) is 37.7 Å². The van der Waals surface area contributed by atoms with E-state index in [0.717, 1.165) is 24.5 Å². The van der Waals surface area contributed by atoms with Crippen molar-refractivity contribution in [2.75, 3.05) is 19.8 Å². The monoisotopic (exact) mass is 342 g/mol. The number of amides is 1. The number of carbonyl (C=O) groups excluding carboxylic acids is 1. The number of aryl methyl sites for hydroxylation is 1. The minimum atomic E-state index is -0.0144. The number of hydrogen-bond donors (Lipinski definition) is 0. The Hall–Kier alpha value is -2.41. The van der Waals surface area contributed by atoms with E-state index in [9.17, 15) is 4.79 Å². The number of imidazole rings is 1. The zero-order valence-corrected chi connectivity index (χ0v) is 14.6. The van der Waals surface area contributed by atoms with E-state index in [1.54, 1.807) is 18.3 Å². The van der Waals surface area contributed by atoms with Crippen LogP contribution >= 0.6 is 0 Å². The number of pyridine rings is 1. The van der Waals surface area contributed by atoms with Gasteiger partial charge in [-0.2, -0.15) is 0 Å². The molecule has 1 amide bonds. The molecular weight excluding hydrogens is 320 g/mol. The number of fused-ring (bicyclic) bond motifs is 1. The number of ether oxygens (including phenoxy) is 2. The third kappa shape index (κ3) is 3.11. The first kappa shape index (κ1) is 16.1. The maximum absolute atomic E-state index is 12.9. The lowest BCUT2D eigenvalue weighted by Crippen LogP contribution is -2.38. The Bertz CT molecular complexity index is 796. The Balaban J connectivity index is 1.49. The third-order valence-electron chi connectivity index (χ3n) is 4.91. The lowest BCUT2D eigenvalue weighted by Gasteiger charge is -2.28. The smallest absolute Gasteiger partial charge is 0.254 e. The standard InChI is InChI=1S/C18H22N4O3/c1-12-13(2)22-7-6-21(10-16(22)20-12)18(23)14-3-5-19-17(9-14)25-15-4-8-24-11-15/h3,5,9,15H,4,6-8,10-11H2,1-2H3. The van der Waals surface area contributed by atoms with Crippen LogP contribution in [0.1, 0.15) is 34.0 Å². The van der Waals surface area contributed by atoms with E-state index in [1.807, 2.05) is 11.8 Å². The van der Waals surface area contributed by atoms with Gasteiger partial charge in [0.2, 0.25) is 5.88 Å². The maximum Gasteiger partial charge on any atom is 0.254 e. The average Bonchev–Trinajstić information content (AvgIpc) is 3.23. The van der Waals surface area contributed by atoms with Gasteiger partial charge >= 0.3 is 0 Å². The molecule has 1 atom stereocenters. The summed E-state index contributed by atoms with van der Waals surface area (Å²) >= 11 is 0. The number of rotatable bonds is 3. The molecule has 4 rings (SSSR count). The van der Waals surface area contributed by atoms with Gasteiger partial charge in [-0.15, -0.1) is 0 Å². The van der Waals surface area contributed by atoms with Gasteiger partial charge in [-0.3, -0.25) is 4.79 Å². The van der Waals surface area contributed by atoms with E-state index in [4.69, 9.17) is 9.47 Å². The van der Waals surface area contributed by atoms with Crippen molar-refractivity contribution in [1.82, 2.24) is 19.4 Å². The predicted molar refractivity (Wildman–Crippen MR) is 90.5 cm³/mol. The molecule has 0 radical (unpaired) electrons. The molecule has 4 heterocycles. The second-order valence-electron chi connectivity index (χ2n) is 6.56. The molecule has 2 aliphatic heterocycles. The van der Waals surface area contributed by atoms with Crippen LogP contribution in [0.2, 0.25) is 0 Å². The summed E-state index contributed by atoms with van der Waals surface area (Å²) in [5.74, 6) is 1.41. The fourth-order valence-electron chi connectivity index (χ4n) is 3.35. The molecule has 1 unspecified atom stereocenters. The van der Waals surface area contributed by atoms with Crippen LogP contribution in [-0.4, -0.2) is 51.2 Å². The highest BCUT2D eigenvalue weighted by molar-refractivity contribution is 5.94. The molecule has 7 nitrogen and oxygen atoms in total. The van der Waals surface area contributed by atoms with Gasteiger partial charge in [0.15, 0.2) is 0 Å².